The molecule has 6 aromatic rings. The monoisotopic (exact) mass is 411 g/mol. The zero-order chi connectivity index (χ0) is 21.3. The van der Waals surface area contributed by atoms with Crippen LogP contribution >= 0.6 is 0 Å². The molecule has 152 valence electrons. The Labute approximate surface area is 186 Å². The smallest absolute Gasteiger partial charge is 0.0724 e. The number of benzene rings is 4. The molecular formula is C29H21N3. The molecule has 6 rings (SSSR count). The molecule has 3 nitrogen and oxygen atoms in total. The van der Waals surface area contributed by atoms with Gasteiger partial charge in [-0.25, -0.2) is 0 Å². The molecule has 0 saturated carbocycles. The van der Waals surface area contributed by atoms with E-state index in [2.05, 4.69) is 99.8 Å². The van der Waals surface area contributed by atoms with Crippen molar-refractivity contribution in [2.75, 3.05) is 5.32 Å². The van der Waals surface area contributed by atoms with Crippen LogP contribution in [0.5, 0.6) is 0 Å². The van der Waals surface area contributed by atoms with Crippen LogP contribution in [0.25, 0.3) is 38.6 Å². The van der Waals surface area contributed by atoms with Crippen molar-refractivity contribution in [2.45, 2.75) is 0 Å². The lowest BCUT2D eigenvalue weighted by molar-refractivity contribution is 1.17. The van der Waals surface area contributed by atoms with Gasteiger partial charge in [-0.3, -0.25) is 4.98 Å². The summed E-state index contributed by atoms with van der Waals surface area (Å²) in [6.45, 7) is 0. The highest BCUT2D eigenvalue weighted by Gasteiger charge is 2.13. The maximum absolute atomic E-state index is 4.39. The van der Waals surface area contributed by atoms with Crippen LogP contribution in [-0.2, 0) is 0 Å². The fourth-order valence-corrected chi connectivity index (χ4v) is 4.34. The first kappa shape index (κ1) is 18.4. The van der Waals surface area contributed by atoms with E-state index < -0.39 is 0 Å². The Morgan fingerprint density at radius 3 is 2.03 bits per heavy atom. The molecule has 32 heavy (non-hydrogen) atoms. The number of rotatable bonds is 4. The first-order chi connectivity index (χ1) is 15.9. The number of hydrogen-bond acceptors (Lipinski definition) is 2. The normalized spacial score (nSPS) is 11.1. The molecule has 0 fully saturated rings. The number of hydrogen-bond donors (Lipinski definition) is 1. The number of fused-ring (bicyclic) bond motifs is 3. The molecule has 0 bridgehead atoms. The maximum atomic E-state index is 4.39. The van der Waals surface area contributed by atoms with Crippen molar-refractivity contribution in [3.8, 4) is 16.8 Å². The fourth-order valence-electron chi connectivity index (χ4n) is 4.34. The van der Waals surface area contributed by atoms with Crippen LogP contribution < -0.4 is 5.32 Å². The molecule has 0 aliphatic carbocycles. The highest BCUT2D eigenvalue weighted by Crippen LogP contribution is 2.34. The zero-order valence-electron chi connectivity index (χ0n) is 17.4. The van der Waals surface area contributed by atoms with E-state index in [1.165, 1.54) is 27.4 Å². The van der Waals surface area contributed by atoms with Gasteiger partial charge in [0.2, 0.25) is 0 Å². The lowest BCUT2D eigenvalue weighted by Gasteiger charge is -2.09. The Morgan fingerprint density at radius 2 is 1.25 bits per heavy atom. The van der Waals surface area contributed by atoms with Crippen LogP contribution in [-0.4, -0.2) is 9.55 Å². The minimum absolute atomic E-state index is 1.08. The molecule has 0 aliphatic heterocycles. The topological polar surface area (TPSA) is 29.9 Å². The third kappa shape index (κ3) is 3.21. The molecular weight excluding hydrogens is 390 g/mol. The molecule has 2 aromatic heterocycles. The average molecular weight is 412 g/mol. The first-order valence-electron chi connectivity index (χ1n) is 10.7. The van der Waals surface area contributed by atoms with E-state index in [-0.39, 0.29) is 0 Å². The van der Waals surface area contributed by atoms with Crippen molar-refractivity contribution in [1.29, 1.82) is 0 Å². The van der Waals surface area contributed by atoms with Gasteiger partial charge >= 0.3 is 0 Å². The van der Waals surface area contributed by atoms with E-state index in [0.717, 1.165) is 22.6 Å². The van der Waals surface area contributed by atoms with Crippen LogP contribution in [0.1, 0.15) is 0 Å². The Hall–Kier alpha value is -4.37. The van der Waals surface area contributed by atoms with Crippen LogP contribution in [0.15, 0.2) is 122 Å². The van der Waals surface area contributed by atoms with Crippen molar-refractivity contribution in [1.82, 2.24) is 9.55 Å². The molecule has 4 aromatic carbocycles. The van der Waals surface area contributed by atoms with Gasteiger partial charge in [0.05, 0.1) is 17.2 Å². The van der Waals surface area contributed by atoms with E-state index in [1.54, 1.807) is 0 Å². The number of nitrogens with zero attached hydrogens (tertiary/aromatic N) is 2. The highest BCUT2D eigenvalue weighted by atomic mass is 15.0. The number of pyridine rings is 1. The molecule has 0 atom stereocenters. The molecule has 0 saturated heterocycles. The Balaban J connectivity index is 1.43. The van der Waals surface area contributed by atoms with Gasteiger partial charge in [0.25, 0.3) is 0 Å². The Kier molecular flexibility index (Phi) is 4.43. The number of anilines is 2. The SMILES string of the molecule is c1ccc(Nc2ccc(-c3ccc4c(c3)c3ccncc3n4-c3ccccc3)cc2)cc1. The first-order valence-corrected chi connectivity index (χ1v) is 10.7. The third-order valence-electron chi connectivity index (χ3n) is 5.86. The van der Waals surface area contributed by atoms with Crippen LogP contribution in [0.2, 0.25) is 0 Å². The summed E-state index contributed by atoms with van der Waals surface area (Å²) in [4.78, 5) is 4.39. The summed E-state index contributed by atoms with van der Waals surface area (Å²) in [6, 6.07) is 38.1. The van der Waals surface area contributed by atoms with Crippen LogP contribution in [0, 0.1) is 0 Å². The van der Waals surface area contributed by atoms with Gasteiger partial charge in [-0.15, -0.1) is 0 Å². The number of aromatic nitrogens is 2. The molecule has 2 heterocycles. The third-order valence-corrected chi connectivity index (χ3v) is 5.86. The number of para-hydroxylation sites is 2. The van der Waals surface area contributed by atoms with Gasteiger partial charge in [0.15, 0.2) is 0 Å². The van der Waals surface area contributed by atoms with Gasteiger partial charge in [-0.05, 0) is 65.7 Å². The lowest BCUT2D eigenvalue weighted by atomic mass is 10.0. The summed E-state index contributed by atoms with van der Waals surface area (Å²) in [5.74, 6) is 0. The molecule has 0 amide bonds. The minimum atomic E-state index is 1.08. The second-order valence-corrected chi connectivity index (χ2v) is 7.86. The highest BCUT2D eigenvalue weighted by molar-refractivity contribution is 6.10. The van der Waals surface area contributed by atoms with Crippen molar-refractivity contribution in [2.24, 2.45) is 0 Å². The van der Waals surface area contributed by atoms with E-state index in [4.69, 9.17) is 0 Å². The van der Waals surface area contributed by atoms with Crippen molar-refractivity contribution >= 4 is 33.2 Å². The van der Waals surface area contributed by atoms with E-state index in [9.17, 15) is 0 Å². The molecule has 0 aliphatic rings. The van der Waals surface area contributed by atoms with Gasteiger partial charge in [-0.1, -0.05) is 54.6 Å². The molecule has 3 heteroatoms. The van der Waals surface area contributed by atoms with Gasteiger partial charge in [-0.2, -0.15) is 0 Å². The molecule has 0 radical (unpaired) electrons. The summed E-state index contributed by atoms with van der Waals surface area (Å²) < 4.78 is 2.29. The second-order valence-electron chi connectivity index (χ2n) is 7.86. The van der Waals surface area contributed by atoms with Crippen LogP contribution in [0.3, 0.4) is 0 Å². The van der Waals surface area contributed by atoms with Gasteiger partial charge < -0.3 is 9.88 Å². The average Bonchev–Trinajstić information content (AvgIpc) is 3.19. The predicted molar refractivity (Wildman–Crippen MR) is 134 cm³/mol. The van der Waals surface area contributed by atoms with E-state index in [1.807, 2.05) is 36.7 Å². The van der Waals surface area contributed by atoms with Crippen molar-refractivity contribution < 1.29 is 0 Å². The molecule has 1 N–H and O–H groups in total. The lowest BCUT2D eigenvalue weighted by Crippen LogP contribution is -1.93. The predicted octanol–water partition coefficient (Wildman–Crippen LogP) is 7.59. The summed E-state index contributed by atoms with van der Waals surface area (Å²) in [5, 5.41) is 5.89. The Bertz CT molecular complexity index is 1520. The maximum Gasteiger partial charge on any atom is 0.0724 e. The quantitative estimate of drug-likeness (QED) is 0.324. The van der Waals surface area contributed by atoms with E-state index >= 15 is 0 Å². The zero-order valence-corrected chi connectivity index (χ0v) is 17.4. The summed E-state index contributed by atoms with van der Waals surface area (Å²) in [7, 11) is 0. The Morgan fingerprint density at radius 1 is 0.562 bits per heavy atom. The molecule has 0 unspecified atom stereocenters. The van der Waals surface area contributed by atoms with Crippen molar-refractivity contribution in [3.63, 3.8) is 0 Å². The van der Waals surface area contributed by atoms with Crippen LogP contribution in [0.4, 0.5) is 11.4 Å². The van der Waals surface area contributed by atoms with Gasteiger partial charge in [0.1, 0.15) is 0 Å². The minimum Gasteiger partial charge on any atom is -0.356 e. The fraction of sp³-hybridized carbons (Fsp3) is 0. The molecule has 0 spiro atoms. The summed E-state index contributed by atoms with van der Waals surface area (Å²) in [5.41, 5.74) is 8.01. The van der Waals surface area contributed by atoms with Gasteiger partial charge in [0, 0.05) is 34.0 Å². The summed E-state index contributed by atoms with van der Waals surface area (Å²) >= 11 is 0. The second kappa shape index (κ2) is 7.71. The number of nitrogens with one attached hydrogen (secondary N) is 1. The summed E-state index contributed by atoms with van der Waals surface area (Å²) in [6.07, 6.45) is 3.82. The van der Waals surface area contributed by atoms with E-state index in [0.29, 0.717) is 0 Å². The largest absolute Gasteiger partial charge is 0.356 e. The standard InChI is InChI=1S/C29H21N3/c1-3-7-23(8-4-1)31-24-14-11-21(12-15-24)22-13-16-28-27(19-22)26-17-18-30-20-29(26)32(28)25-9-5-2-6-10-25/h1-20,31H. The van der Waals surface area contributed by atoms with Crippen molar-refractivity contribution in [3.05, 3.63) is 122 Å².